The number of benzene rings is 1. The van der Waals surface area contributed by atoms with Crippen LogP contribution in [0.1, 0.15) is 31.7 Å². The van der Waals surface area contributed by atoms with Crippen LogP contribution in [0.3, 0.4) is 0 Å². The quantitative estimate of drug-likeness (QED) is 0.884. The fraction of sp³-hybridized carbons (Fsp3) is 0.591. The summed E-state index contributed by atoms with van der Waals surface area (Å²) in [6.07, 6.45) is 2.77. The Bertz CT molecular complexity index is 999. The van der Waals surface area contributed by atoms with Crippen molar-refractivity contribution in [3.8, 4) is 11.4 Å². The van der Waals surface area contributed by atoms with E-state index < -0.39 is 0 Å². The van der Waals surface area contributed by atoms with Gasteiger partial charge < -0.3 is 9.84 Å². The van der Waals surface area contributed by atoms with E-state index >= 15 is 0 Å². The van der Waals surface area contributed by atoms with Gasteiger partial charge in [0.05, 0.1) is 0 Å². The number of hydrogen-bond donors (Lipinski definition) is 1. The molecule has 144 valence electrons. The molecule has 5 saturated carbocycles. The average molecular weight is 379 g/mol. The summed E-state index contributed by atoms with van der Waals surface area (Å²) < 4.78 is 18.8. The first-order valence-electron chi connectivity index (χ1n) is 10.5. The molecule has 1 aromatic carbocycles. The number of amides is 1. The van der Waals surface area contributed by atoms with Crippen LogP contribution < -0.4 is 5.32 Å². The van der Waals surface area contributed by atoms with Gasteiger partial charge in [-0.05, 0) is 79.2 Å². The molecule has 2 aromatic rings. The fourth-order valence-electron chi connectivity index (χ4n) is 8.35. The molecular weight excluding hydrogens is 357 g/mol. The summed E-state index contributed by atoms with van der Waals surface area (Å²) >= 11 is 0. The number of halogens is 1. The summed E-state index contributed by atoms with van der Waals surface area (Å²) in [5.41, 5.74) is 0.568. The molecule has 7 rings (SSSR count). The van der Waals surface area contributed by atoms with Crippen LogP contribution >= 0.6 is 0 Å². The molecule has 1 aromatic heterocycles. The molecule has 10 unspecified atom stereocenters. The van der Waals surface area contributed by atoms with Crippen molar-refractivity contribution < 1.29 is 13.7 Å². The van der Waals surface area contributed by atoms with Gasteiger partial charge in [0.2, 0.25) is 17.6 Å². The van der Waals surface area contributed by atoms with Gasteiger partial charge in [-0.3, -0.25) is 4.79 Å². The van der Waals surface area contributed by atoms with Gasteiger partial charge in [0, 0.05) is 11.5 Å². The van der Waals surface area contributed by atoms with E-state index in [2.05, 4.69) is 15.5 Å². The first-order valence-corrected chi connectivity index (χ1v) is 10.5. The van der Waals surface area contributed by atoms with Crippen molar-refractivity contribution in [2.45, 2.75) is 25.8 Å². The summed E-state index contributed by atoms with van der Waals surface area (Å²) in [6, 6.07) is 5.77. The van der Waals surface area contributed by atoms with E-state index in [0.717, 1.165) is 35.5 Å². The van der Waals surface area contributed by atoms with Crippen LogP contribution in [-0.2, 0) is 4.79 Å². The standard InChI is InChI=1S/C22H22FN3O2/c1-8(22-25-20(26-28-22)9-3-2-4-10(23)5-9)24-21(27)19-16-12-7-13-15-11(12)6-14(16)17(15)18(13)19/h2-5,8,11-19H,6-7H2,1H3,(H,24,27). The van der Waals surface area contributed by atoms with Crippen LogP contribution in [0.2, 0.25) is 0 Å². The van der Waals surface area contributed by atoms with Crippen molar-refractivity contribution in [2.24, 2.45) is 53.3 Å². The third-order valence-electron chi connectivity index (χ3n) is 8.88. The lowest BCUT2D eigenvalue weighted by molar-refractivity contribution is -0.133. The smallest absolute Gasteiger partial charge is 0.249 e. The third-order valence-corrected chi connectivity index (χ3v) is 8.88. The van der Waals surface area contributed by atoms with Gasteiger partial charge in [-0.1, -0.05) is 17.3 Å². The van der Waals surface area contributed by atoms with Gasteiger partial charge in [0.25, 0.3) is 0 Å². The zero-order valence-electron chi connectivity index (χ0n) is 15.6. The molecule has 1 heterocycles. The Labute approximate surface area is 162 Å². The molecule has 0 spiro atoms. The highest BCUT2D eigenvalue weighted by molar-refractivity contribution is 5.81. The number of fused-ring (bicyclic) bond motifs is 2. The Balaban J connectivity index is 1.10. The van der Waals surface area contributed by atoms with Crippen LogP contribution in [0.5, 0.6) is 0 Å². The number of hydrogen-bond acceptors (Lipinski definition) is 4. The van der Waals surface area contributed by atoms with E-state index in [9.17, 15) is 9.18 Å². The van der Waals surface area contributed by atoms with E-state index in [1.165, 1.54) is 25.0 Å². The van der Waals surface area contributed by atoms with Crippen molar-refractivity contribution in [3.63, 3.8) is 0 Å². The summed E-state index contributed by atoms with van der Waals surface area (Å²) in [4.78, 5) is 17.6. The van der Waals surface area contributed by atoms with E-state index in [0.29, 0.717) is 29.1 Å². The minimum Gasteiger partial charge on any atom is -0.344 e. The number of nitrogens with zero attached hydrogens (tertiary/aromatic N) is 2. The molecular formula is C22H22FN3O2. The summed E-state index contributed by atoms with van der Waals surface area (Å²) in [5.74, 6) is 7.16. The second-order valence-electron chi connectivity index (χ2n) is 9.66. The highest BCUT2D eigenvalue weighted by Crippen LogP contribution is 2.84. The van der Waals surface area contributed by atoms with Gasteiger partial charge in [0.15, 0.2) is 0 Å². The van der Waals surface area contributed by atoms with Gasteiger partial charge in [0.1, 0.15) is 11.9 Å². The Morgan fingerprint density at radius 1 is 1.14 bits per heavy atom. The normalized spacial score (nSPS) is 44.1. The maximum absolute atomic E-state index is 13.4. The first-order chi connectivity index (χ1) is 13.6. The van der Waals surface area contributed by atoms with Crippen molar-refractivity contribution in [1.82, 2.24) is 15.5 Å². The molecule has 6 heteroatoms. The number of aromatic nitrogens is 2. The lowest BCUT2D eigenvalue weighted by Crippen LogP contribution is -2.48. The Hall–Kier alpha value is -2.24. The van der Waals surface area contributed by atoms with Gasteiger partial charge in [-0.2, -0.15) is 4.98 Å². The second kappa shape index (κ2) is 5.02. The minimum atomic E-state index is -0.343. The van der Waals surface area contributed by atoms with Gasteiger partial charge in [-0.25, -0.2) is 4.39 Å². The number of carbonyl (C=O) groups excluding carboxylic acids is 1. The maximum Gasteiger partial charge on any atom is 0.249 e. The second-order valence-corrected chi connectivity index (χ2v) is 9.66. The van der Waals surface area contributed by atoms with E-state index in [4.69, 9.17) is 4.52 Å². The monoisotopic (exact) mass is 379 g/mol. The predicted octanol–water partition coefficient (Wildman–Crippen LogP) is 3.45. The fourth-order valence-corrected chi connectivity index (χ4v) is 8.35. The van der Waals surface area contributed by atoms with Crippen molar-refractivity contribution in [2.75, 3.05) is 0 Å². The Morgan fingerprint density at radius 2 is 1.93 bits per heavy atom. The zero-order valence-corrected chi connectivity index (χ0v) is 15.6. The molecule has 10 atom stereocenters. The SMILES string of the molecule is CC(NC(=O)C1C2C3CC4C5C3CC2C5C41)c1nc(-c2cccc(F)c2)no1. The molecule has 0 saturated heterocycles. The van der Waals surface area contributed by atoms with Crippen molar-refractivity contribution in [1.29, 1.82) is 0 Å². The molecule has 5 nitrogen and oxygen atoms in total. The largest absolute Gasteiger partial charge is 0.344 e. The highest BCUT2D eigenvalue weighted by atomic mass is 19.1. The Kier molecular flexibility index (Phi) is 2.81. The Morgan fingerprint density at radius 3 is 2.75 bits per heavy atom. The topological polar surface area (TPSA) is 68.0 Å². The molecule has 1 amide bonds. The number of nitrogens with one attached hydrogen (secondary N) is 1. The van der Waals surface area contributed by atoms with E-state index in [1.807, 2.05) is 6.92 Å². The molecule has 2 bridgehead atoms. The van der Waals surface area contributed by atoms with E-state index in [-0.39, 0.29) is 23.7 Å². The molecule has 1 N–H and O–H groups in total. The summed E-state index contributed by atoms with van der Waals surface area (Å²) in [5, 5.41) is 7.12. The van der Waals surface area contributed by atoms with Crippen LogP contribution in [0, 0.1) is 59.1 Å². The summed E-state index contributed by atoms with van der Waals surface area (Å²) in [7, 11) is 0. The summed E-state index contributed by atoms with van der Waals surface area (Å²) in [6.45, 7) is 1.88. The molecule has 28 heavy (non-hydrogen) atoms. The highest BCUT2D eigenvalue weighted by Gasteiger charge is 2.81. The predicted molar refractivity (Wildman–Crippen MR) is 96.9 cm³/mol. The molecule has 0 radical (unpaired) electrons. The van der Waals surface area contributed by atoms with Gasteiger partial charge in [-0.15, -0.1) is 0 Å². The lowest BCUT2D eigenvalue weighted by atomic mass is 9.57. The lowest BCUT2D eigenvalue weighted by Gasteiger charge is -2.47. The van der Waals surface area contributed by atoms with Crippen LogP contribution in [0.4, 0.5) is 4.39 Å². The number of rotatable bonds is 4. The third kappa shape index (κ3) is 1.71. The van der Waals surface area contributed by atoms with Crippen LogP contribution in [0.15, 0.2) is 28.8 Å². The van der Waals surface area contributed by atoms with E-state index in [1.54, 1.807) is 12.1 Å². The molecule has 0 aliphatic heterocycles. The van der Waals surface area contributed by atoms with Crippen LogP contribution in [0.25, 0.3) is 11.4 Å². The maximum atomic E-state index is 13.4. The molecule has 5 aliphatic carbocycles. The molecule has 5 aliphatic rings. The first kappa shape index (κ1) is 15.7. The zero-order chi connectivity index (χ0) is 18.7. The minimum absolute atomic E-state index is 0.177. The van der Waals surface area contributed by atoms with Crippen molar-refractivity contribution >= 4 is 5.91 Å². The van der Waals surface area contributed by atoms with Crippen molar-refractivity contribution in [3.05, 3.63) is 36.0 Å². The number of carbonyl (C=O) groups is 1. The molecule has 5 fully saturated rings. The van der Waals surface area contributed by atoms with Gasteiger partial charge >= 0.3 is 0 Å². The average Bonchev–Trinajstić information content (AvgIpc) is 3.36. The van der Waals surface area contributed by atoms with Crippen LogP contribution in [-0.4, -0.2) is 16.0 Å².